The molecule has 9 heteroatoms. The van der Waals surface area contributed by atoms with Crippen LogP contribution in [0.15, 0.2) is 25.0 Å². The maximum Gasteiger partial charge on any atom is 0.246 e. The van der Waals surface area contributed by atoms with Crippen molar-refractivity contribution >= 4 is 11.6 Å². The summed E-state index contributed by atoms with van der Waals surface area (Å²) in [6.07, 6.45) is 5.99. The first kappa shape index (κ1) is 14.8. The molecule has 0 radical (unpaired) electrons. The molecule has 3 aromatic heterocycles. The van der Waals surface area contributed by atoms with Crippen LogP contribution in [0, 0.1) is 20.8 Å². The van der Waals surface area contributed by atoms with Gasteiger partial charge in [-0.1, -0.05) is 0 Å². The third-order valence-electron chi connectivity index (χ3n) is 3.41. The lowest BCUT2D eigenvalue weighted by atomic mass is 10.4. The summed E-state index contributed by atoms with van der Waals surface area (Å²) in [6, 6.07) is 0. The average Bonchev–Trinajstić information content (AvgIpc) is 3.09. The Labute approximate surface area is 132 Å². The topological polar surface area (TPSA) is 103 Å². The zero-order valence-electron chi connectivity index (χ0n) is 13.1. The Morgan fingerprint density at radius 2 is 1.96 bits per heavy atom. The van der Waals surface area contributed by atoms with Crippen LogP contribution in [-0.2, 0) is 11.3 Å². The van der Waals surface area contributed by atoms with Crippen LogP contribution in [0.4, 0.5) is 5.69 Å². The largest absolute Gasteiger partial charge is 0.322 e. The van der Waals surface area contributed by atoms with E-state index in [9.17, 15) is 4.79 Å². The van der Waals surface area contributed by atoms with Crippen molar-refractivity contribution in [3.05, 3.63) is 42.3 Å². The van der Waals surface area contributed by atoms with Crippen molar-refractivity contribution in [2.45, 2.75) is 27.3 Å². The Morgan fingerprint density at radius 1 is 1.22 bits per heavy atom. The summed E-state index contributed by atoms with van der Waals surface area (Å²) in [4.78, 5) is 28.7. The third-order valence-corrected chi connectivity index (χ3v) is 3.41. The molecular formula is C14H16N8O. The molecule has 0 aliphatic carbocycles. The summed E-state index contributed by atoms with van der Waals surface area (Å²) >= 11 is 0. The molecule has 0 atom stereocenters. The van der Waals surface area contributed by atoms with Crippen LogP contribution in [0.3, 0.4) is 0 Å². The van der Waals surface area contributed by atoms with Crippen molar-refractivity contribution in [3.63, 3.8) is 0 Å². The Hall–Kier alpha value is -3.10. The van der Waals surface area contributed by atoms with Gasteiger partial charge in [-0.3, -0.25) is 9.36 Å². The van der Waals surface area contributed by atoms with Gasteiger partial charge in [0, 0.05) is 5.69 Å². The van der Waals surface area contributed by atoms with E-state index in [2.05, 4.69) is 30.4 Å². The first-order valence-electron chi connectivity index (χ1n) is 7.02. The van der Waals surface area contributed by atoms with Crippen LogP contribution in [0.1, 0.15) is 17.2 Å². The van der Waals surface area contributed by atoms with Crippen molar-refractivity contribution in [1.82, 2.24) is 34.3 Å². The summed E-state index contributed by atoms with van der Waals surface area (Å²) in [6.45, 7) is 5.89. The highest BCUT2D eigenvalue weighted by atomic mass is 16.2. The molecule has 1 amide bonds. The summed E-state index contributed by atoms with van der Waals surface area (Å²) < 4.78 is 3.31. The normalized spacial score (nSPS) is 10.7. The van der Waals surface area contributed by atoms with Crippen LogP contribution >= 0.6 is 0 Å². The van der Waals surface area contributed by atoms with Crippen molar-refractivity contribution in [2.24, 2.45) is 0 Å². The molecule has 0 saturated carbocycles. The van der Waals surface area contributed by atoms with Gasteiger partial charge in [0.25, 0.3) is 0 Å². The minimum atomic E-state index is -0.224. The number of rotatable bonds is 4. The third kappa shape index (κ3) is 3.07. The molecule has 0 spiro atoms. The second kappa shape index (κ2) is 5.95. The zero-order chi connectivity index (χ0) is 16.4. The number of aromatic nitrogens is 7. The lowest BCUT2D eigenvalue weighted by Gasteiger charge is -2.08. The van der Waals surface area contributed by atoms with Gasteiger partial charge >= 0.3 is 0 Å². The second-order valence-corrected chi connectivity index (χ2v) is 5.08. The quantitative estimate of drug-likeness (QED) is 0.765. The van der Waals surface area contributed by atoms with Crippen LogP contribution in [0.2, 0.25) is 0 Å². The van der Waals surface area contributed by atoms with Crippen molar-refractivity contribution in [2.75, 3.05) is 5.32 Å². The predicted octanol–water partition coefficient (Wildman–Crippen LogP) is 0.818. The lowest BCUT2D eigenvalue weighted by molar-refractivity contribution is -0.116. The summed E-state index contributed by atoms with van der Waals surface area (Å²) in [5.41, 5.74) is 2.45. The Kier molecular flexibility index (Phi) is 3.83. The number of anilines is 1. The highest BCUT2D eigenvalue weighted by Gasteiger charge is 2.12. The Balaban J connectivity index is 1.73. The fraction of sp³-hybridized carbons (Fsp3) is 0.286. The van der Waals surface area contributed by atoms with Crippen molar-refractivity contribution < 1.29 is 4.79 Å². The van der Waals surface area contributed by atoms with Crippen molar-refractivity contribution in [3.8, 4) is 5.95 Å². The van der Waals surface area contributed by atoms with Gasteiger partial charge in [0.15, 0.2) is 0 Å². The maximum atomic E-state index is 11.9. The minimum Gasteiger partial charge on any atom is -0.322 e. The molecule has 1 N–H and O–H groups in total. The van der Waals surface area contributed by atoms with Gasteiger partial charge < -0.3 is 5.32 Å². The van der Waals surface area contributed by atoms with E-state index >= 15 is 0 Å². The van der Waals surface area contributed by atoms with E-state index in [1.54, 1.807) is 12.4 Å². The van der Waals surface area contributed by atoms with E-state index in [0.717, 1.165) is 17.2 Å². The molecule has 0 bridgehead atoms. The van der Waals surface area contributed by atoms with Crippen LogP contribution in [0.25, 0.3) is 5.95 Å². The number of nitrogens with one attached hydrogen (secondary N) is 1. The number of nitrogens with zero attached hydrogens (tertiary/aromatic N) is 7. The second-order valence-electron chi connectivity index (χ2n) is 5.08. The summed E-state index contributed by atoms with van der Waals surface area (Å²) in [7, 11) is 0. The fourth-order valence-electron chi connectivity index (χ4n) is 2.24. The Bertz CT molecular complexity index is 819. The van der Waals surface area contributed by atoms with E-state index < -0.39 is 0 Å². The maximum absolute atomic E-state index is 11.9. The first-order chi connectivity index (χ1) is 11.0. The Morgan fingerprint density at radius 3 is 2.52 bits per heavy atom. The van der Waals surface area contributed by atoms with Gasteiger partial charge in [0.05, 0.1) is 23.8 Å². The van der Waals surface area contributed by atoms with Gasteiger partial charge in [0.1, 0.15) is 25.0 Å². The number of imidazole rings is 1. The van der Waals surface area contributed by atoms with Crippen LogP contribution < -0.4 is 5.32 Å². The highest BCUT2D eigenvalue weighted by molar-refractivity contribution is 5.90. The van der Waals surface area contributed by atoms with E-state index in [4.69, 9.17) is 0 Å². The number of carbonyl (C=O) groups is 1. The zero-order valence-corrected chi connectivity index (χ0v) is 13.1. The molecule has 0 unspecified atom stereocenters. The molecule has 23 heavy (non-hydrogen) atoms. The molecule has 0 aromatic carbocycles. The van der Waals surface area contributed by atoms with Gasteiger partial charge in [-0.25, -0.2) is 24.6 Å². The molecule has 9 nitrogen and oxygen atoms in total. The highest BCUT2D eigenvalue weighted by Crippen LogP contribution is 2.14. The molecule has 3 rings (SSSR count). The van der Waals surface area contributed by atoms with E-state index in [1.807, 2.05) is 25.3 Å². The molecule has 3 heterocycles. The molecule has 0 fully saturated rings. The number of hydrogen-bond donors (Lipinski definition) is 1. The minimum absolute atomic E-state index is 0.0840. The number of amides is 1. The fourth-order valence-corrected chi connectivity index (χ4v) is 2.24. The van der Waals surface area contributed by atoms with E-state index in [-0.39, 0.29) is 12.5 Å². The van der Waals surface area contributed by atoms with E-state index in [0.29, 0.717) is 11.6 Å². The number of carbonyl (C=O) groups excluding carboxylic acids is 1. The van der Waals surface area contributed by atoms with Gasteiger partial charge in [-0.15, -0.1) is 0 Å². The SMILES string of the molecule is Cc1nc(C)n(-c2ncc(NC(=O)Cn3cncn3)cn2)c1C. The van der Waals surface area contributed by atoms with Crippen LogP contribution in [0.5, 0.6) is 0 Å². The number of hydrogen-bond acceptors (Lipinski definition) is 6. The smallest absolute Gasteiger partial charge is 0.246 e. The summed E-state index contributed by atoms with van der Waals surface area (Å²) in [5.74, 6) is 1.12. The standard InChI is InChI=1S/C14H16N8O/c1-9-10(2)22(11(3)19-9)14-16-4-12(5-17-14)20-13(23)6-21-8-15-7-18-21/h4-5,7-8H,6H2,1-3H3,(H,20,23). The van der Waals surface area contributed by atoms with Gasteiger partial charge in [-0.2, -0.15) is 5.10 Å². The predicted molar refractivity (Wildman–Crippen MR) is 82.0 cm³/mol. The molecule has 0 aliphatic heterocycles. The summed E-state index contributed by atoms with van der Waals surface area (Å²) in [5, 5.41) is 6.59. The van der Waals surface area contributed by atoms with Crippen LogP contribution in [-0.4, -0.2) is 40.2 Å². The average molecular weight is 312 g/mol. The first-order valence-corrected chi connectivity index (χ1v) is 7.02. The molecule has 3 aromatic rings. The molecule has 0 aliphatic rings. The van der Waals surface area contributed by atoms with E-state index in [1.165, 1.54) is 17.3 Å². The van der Waals surface area contributed by atoms with Gasteiger partial charge in [-0.05, 0) is 20.8 Å². The number of aryl methyl sites for hydroxylation is 2. The monoisotopic (exact) mass is 312 g/mol. The molecule has 118 valence electrons. The lowest BCUT2D eigenvalue weighted by Crippen LogP contribution is -2.19. The van der Waals surface area contributed by atoms with Crippen molar-refractivity contribution in [1.29, 1.82) is 0 Å². The molecule has 0 saturated heterocycles. The molecular weight excluding hydrogens is 296 g/mol. The van der Waals surface area contributed by atoms with Gasteiger partial charge in [0.2, 0.25) is 11.9 Å².